The van der Waals surface area contributed by atoms with E-state index in [0.717, 1.165) is 37.6 Å². The minimum atomic E-state index is -0.294. The standard InChI is InChI=1S/C34H22BrN5O2/c1-21-28(26-10-5-7-13-30(26)39(21)20-23-9-3-2-8-22(23)18-36)19-37-40-33(38-29-12-6-4-11-27(29)34(40)41)32-17-24-16-25(35)14-15-31(24)42-32/h2-17,19H,20H2,1H3. The van der Waals surface area contributed by atoms with Gasteiger partial charge in [0.05, 0.1) is 28.8 Å². The first kappa shape index (κ1) is 25.7. The Morgan fingerprint density at radius 2 is 1.74 bits per heavy atom. The molecule has 42 heavy (non-hydrogen) atoms. The molecule has 8 heteroatoms. The minimum Gasteiger partial charge on any atom is -0.453 e. The maximum absolute atomic E-state index is 13.8. The maximum Gasteiger partial charge on any atom is 0.282 e. The smallest absolute Gasteiger partial charge is 0.282 e. The van der Waals surface area contributed by atoms with Crippen LogP contribution in [0.15, 0.2) is 116 Å². The molecule has 0 saturated carbocycles. The summed E-state index contributed by atoms with van der Waals surface area (Å²) in [6, 6.07) is 32.8. The molecule has 0 unspecified atom stereocenters. The van der Waals surface area contributed by atoms with Gasteiger partial charge in [-0.05, 0) is 61.0 Å². The Balaban J connectivity index is 1.41. The average molecular weight is 612 g/mol. The molecular formula is C34H22BrN5O2. The first-order chi connectivity index (χ1) is 20.5. The Bertz CT molecular complexity index is 2300. The highest BCUT2D eigenvalue weighted by Gasteiger charge is 2.18. The van der Waals surface area contributed by atoms with Gasteiger partial charge in [0.2, 0.25) is 5.82 Å². The van der Waals surface area contributed by atoms with Crippen LogP contribution < -0.4 is 5.56 Å². The van der Waals surface area contributed by atoms with E-state index in [2.05, 4.69) is 32.6 Å². The average Bonchev–Trinajstić information content (AvgIpc) is 3.55. The van der Waals surface area contributed by atoms with E-state index >= 15 is 0 Å². The Labute approximate surface area is 248 Å². The van der Waals surface area contributed by atoms with Crippen molar-refractivity contribution in [2.45, 2.75) is 13.5 Å². The molecule has 0 bridgehead atoms. The number of hydrogen-bond acceptors (Lipinski definition) is 5. The second kappa shape index (κ2) is 10.3. The van der Waals surface area contributed by atoms with Gasteiger partial charge < -0.3 is 8.98 Å². The quantitative estimate of drug-likeness (QED) is 0.187. The van der Waals surface area contributed by atoms with E-state index in [1.807, 2.05) is 91.9 Å². The van der Waals surface area contributed by atoms with E-state index in [9.17, 15) is 10.1 Å². The summed E-state index contributed by atoms with van der Waals surface area (Å²) in [5, 5.41) is 16.7. The Morgan fingerprint density at radius 3 is 2.60 bits per heavy atom. The molecule has 4 aromatic carbocycles. The molecule has 7 rings (SSSR count). The van der Waals surface area contributed by atoms with Crippen LogP contribution in [-0.4, -0.2) is 20.4 Å². The van der Waals surface area contributed by atoms with Gasteiger partial charge in [-0.2, -0.15) is 15.0 Å². The number of fused-ring (bicyclic) bond motifs is 3. The van der Waals surface area contributed by atoms with E-state index in [0.29, 0.717) is 40.2 Å². The second-order valence-corrected chi connectivity index (χ2v) is 10.9. The van der Waals surface area contributed by atoms with Crippen molar-refractivity contribution in [3.8, 4) is 17.7 Å². The van der Waals surface area contributed by atoms with Gasteiger partial charge in [-0.3, -0.25) is 4.79 Å². The van der Waals surface area contributed by atoms with Crippen molar-refractivity contribution >= 4 is 54.9 Å². The molecule has 0 aliphatic rings. The number of aromatic nitrogens is 3. The SMILES string of the molecule is Cc1c(C=Nn2c(-c3cc4cc(Br)ccc4o3)nc3ccccc3c2=O)c2ccccc2n1Cc1ccccc1C#N. The van der Waals surface area contributed by atoms with Crippen LogP contribution in [-0.2, 0) is 6.54 Å². The van der Waals surface area contributed by atoms with Gasteiger partial charge in [0.1, 0.15) is 5.58 Å². The third-order valence-corrected chi connectivity index (χ3v) is 7.99. The normalized spacial score (nSPS) is 11.6. The zero-order valence-corrected chi connectivity index (χ0v) is 24.0. The fraction of sp³-hybridized carbons (Fsp3) is 0.0588. The third-order valence-electron chi connectivity index (χ3n) is 7.50. The van der Waals surface area contributed by atoms with Crippen LogP contribution in [0.1, 0.15) is 22.4 Å². The Kier molecular flexibility index (Phi) is 6.30. The monoisotopic (exact) mass is 611 g/mol. The third kappa shape index (κ3) is 4.31. The van der Waals surface area contributed by atoms with Crippen molar-refractivity contribution < 1.29 is 4.42 Å². The molecule has 0 amide bonds. The van der Waals surface area contributed by atoms with Gasteiger partial charge in [-0.15, -0.1) is 0 Å². The van der Waals surface area contributed by atoms with E-state index in [4.69, 9.17) is 14.5 Å². The number of benzene rings is 4. The van der Waals surface area contributed by atoms with Crippen LogP contribution in [0.5, 0.6) is 0 Å². The van der Waals surface area contributed by atoms with Crippen molar-refractivity contribution in [1.82, 2.24) is 14.2 Å². The first-order valence-corrected chi connectivity index (χ1v) is 14.1. The molecule has 0 saturated heterocycles. The topological polar surface area (TPSA) is 89.1 Å². The second-order valence-electron chi connectivity index (χ2n) is 9.98. The molecule has 7 nitrogen and oxygen atoms in total. The lowest BCUT2D eigenvalue weighted by Crippen LogP contribution is -2.20. The van der Waals surface area contributed by atoms with Crippen LogP contribution >= 0.6 is 15.9 Å². The summed E-state index contributed by atoms with van der Waals surface area (Å²) in [6.45, 7) is 2.55. The summed E-state index contributed by atoms with van der Waals surface area (Å²) in [4.78, 5) is 18.6. The van der Waals surface area contributed by atoms with Crippen LogP contribution in [0, 0.1) is 18.3 Å². The van der Waals surface area contributed by atoms with Crippen LogP contribution in [0.25, 0.3) is 44.4 Å². The lowest BCUT2D eigenvalue weighted by atomic mass is 10.1. The van der Waals surface area contributed by atoms with E-state index in [-0.39, 0.29) is 5.56 Å². The molecule has 0 N–H and O–H groups in total. The summed E-state index contributed by atoms with van der Waals surface area (Å²) >= 11 is 3.51. The van der Waals surface area contributed by atoms with Crippen LogP contribution in [0.3, 0.4) is 0 Å². The van der Waals surface area contributed by atoms with Gasteiger partial charge in [0, 0.05) is 38.6 Å². The van der Waals surface area contributed by atoms with E-state index < -0.39 is 0 Å². The predicted octanol–water partition coefficient (Wildman–Crippen LogP) is 7.64. The zero-order valence-electron chi connectivity index (χ0n) is 22.5. The van der Waals surface area contributed by atoms with Gasteiger partial charge in [-0.25, -0.2) is 4.98 Å². The number of para-hydroxylation sites is 2. The summed E-state index contributed by atoms with van der Waals surface area (Å²) in [5.74, 6) is 0.752. The first-order valence-electron chi connectivity index (χ1n) is 13.3. The fourth-order valence-corrected chi connectivity index (χ4v) is 5.77. The Hall–Kier alpha value is -5.26. The number of furan rings is 1. The van der Waals surface area contributed by atoms with Crippen molar-refractivity contribution in [2.75, 3.05) is 0 Å². The van der Waals surface area contributed by atoms with E-state index in [1.54, 1.807) is 12.3 Å². The number of nitriles is 1. The summed E-state index contributed by atoms with van der Waals surface area (Å²) in [6.07, 6.45) is 1.71. The number of rotatable bonds is 5. The lowest BCUT2D eigenvalue weighted by Gasteiger charge is -2.10. The number of halogens is 1. The predicted molar refractivity (Wildman–Crippen MR) is 169 cm³/mol. The van der Waals surface area contributed by atoms with Crippen molar-refractivity contribution in [3.63, 3.8) is 0 Å². The van der Waals surface area contributed by atoms with Crippen LogP contribution in [0.4, 0.5) is 0 Å². The molecular weight excluding hydrogens is 590 g/mol. The Morgan fingerprint density at radius 1 is 0.976 bits per heavy atom. The molecule has 0 aliphatic carbocycles. The van der Waals surface area contributed by atoms with Crippen molar-refractivity contribution in [3.05, 3.63) is 134 Å². The molecule has 0 atom stereocenters. The molecule has 0 spiro atoms. The van der Waals surface area contributed by atoms with Crippen molar-refractivity contribution in [2.24, 2.45) is 5.10 Å². The summed E-state index contributed by atoms with van der Waals surface area (Å²) < 4.78 is 10.6. The molecule has 3 aromatic heterocycles. The van der Waals surface area contributed by atoms with Crippen molar-refractivity contribution in [1.29, 1.82) is 5.26 Å². The summed E-state index contributed by atoms with van der Waals surface area (Å²) in [5.41, 5.74) is 5.37. The van der Waals surface area contributed by atoms with Gasteiger partial charge in [0.25, 0.3) is 5.56 Å². The molecule has 3 heterocycles. The zero-order chi connectivity index (χ0) is 28.8. The fourth-order valence-electron chi connectivity index (χ4n) is 5.39. The van der Waals surface area contributed by atoms with E-state index in [1.165, 1.54) is 4.68 Å². The largest absolute Gasteiger partial charge is 0.453 e. The highest BCUT2D eigenvalue weighted by molar-refractivity contribution is 9.10. The molecule has 0 aliphatic heterocycles. The molecule has 0 radical (unpaired) electrons. The number of nitrogens with zero attached hydrogens (tertiary/aromatic N) is 5. The molecule has 0 fully saturated rings. The van der Waals surface area contributed by atoms with Gasteiger partial charge >= 0.3 is 0 Å². The maximum atomic E-state index is 13.8. The van der Waals surface area contributed by atoms with Crippen LogP contribution in [0.2, 0.25) is 0 Å². The highest BCUT2D eigenvalue weighted by Crippen LogP contribution is 2.30. The summed E-state index contributed by atoms with van der Waals surface area (Å²) in [7, 11) is 0. The van der Waals surface area contributed by atoms with Gasteiger partial charge in [0.15, 0.2) is 5.76 Å². The molecule has 7 aromatic rings. The van der Waals surface area contributed by atoms with Gasteiger partial charge in [-0.1, -0.05) is 64.5 Å². The highest BCUT2D eigenvalue weighted by atomic mass is 79.9. The number of hydrogen-bond donors (Lipinski definition) is 0. The minimum absolute atomic E-state index is 0.294. The lowest BCUT2D eigenvalue weighted by molar-refractivity contribution is 0.616. The molecule has 202 valence electrons.